The summed E-state index contributed by atoms with van der Waals surface area (Å²) in [5, 5.41) is 1.34. The Balaban J connectivity index is 1.82. The van der Waals surface area contributed by atoms with Crippen molar-refractivity contribution in [3.8, 4) is 11.3 Å². The van der Waals surface area contributed by atoms with Crippen molar-refractivity contribution in [3.63, 3.8) is 0 Å². The predicted octanol–water partition coefficient (Wildman–Crippen LogP) is 7.14. The molecule has 0 aliphatic carbocycles. The van der Waals surface area contributed by atoms with Crippen LogP contribution in [0.15, 0.2) is 77.5 Å². The Kier molecular flexibility index (Phi) is 3.37. The lowest BCUT2D eigenvalue weighted by Crippen LogP contribution is -1.99. The molecular weight excluding hydrogens is 380 g/mol. The molecule has 0 fully saturated rings. The average molecular weight is 414 g/mol. The summed E-state index contributed by atoms with van der Waals surface area (Å²) in [4.78, 5) is 8.73. The van der Waals surface area contributed by atoms with Crippen LogP contribution < -0.4 is 0 Å². The number of aryl methyl sites for hydroxylation is 1. The molecule has 0 unspecified atom stereocenters. The molecule has 0 atom stereocenters. The van der Waals surface area contributed by atoms with Crippen molar-refractivity contribution in [3.05, 3.63) is 95.3 Å². The SMILES string of the molecule is [2H]C([2H])([2H])c1cnc(-c2cc(C([2H])([2H])c3ccccc3)c3oc4ncccc4c3c2)cc1C([2H])([2H])C(C)C. The highest BCUT2D eigenvalue weighted by Gasteiger charge is 2.16. The van der Waals surface area contributed by atoms with Crippen molar-refractivity contribution in [1.82, 2.24) is 9.97 Å². The summed E-state index contributed by atoms with van der Waals surface area (Å²) >= 11 is 0. The van der Waals surface area contributed by atoms with E-state index in [0.717, 1.165) is 0 Å². The normalized spacial score (nSPS) is 16.3. The number of furan rings is 1. The molecule has 0 spiro atoms. The van der Waals surface area contributed by atoms with Crippen LogP contribution in [0.3, 0.4) is 0 Å². The summed E-state index contributed by atoms with van der Waals surface area (Å²) in [5.74, 6) is -0.493. The lowest BCUT2D eigenvalue weighted by Gasteiger charge is -2.12. The van der Waals surface area contributed by atoms with Crippen LogP contribution in [0.2, 0.25) is 0 Å². The first kappa shape index (κ1) is 13.1. The van der Waals surface area contributed by atoms with Crippen LogP contribution in [0, 0.1) is 12.8 Å². The molecule has 3 heterocycles. The van der Waals surface area contributed by atoms with E-state index in [2.05, 4.69) is 9.97 Å². The number of hydrogen-bond acceptors (Lipinski definition) is 3. The van der Waals surface area contributed by atoms with Crippen molar-refractivity contribution < 1.29 is 14.0 Å². The van der Waals surface area contributed by atoms with Crippen LogP contribution in [0.1, 0.15) is 45.7 Å². The first-order valence-electron chi connectivity index (χ1n) is 13.7. The van der Waals surface area contributed by atoms with E-state index in [9.17, 15) is 0 Å². The van der Waals surface area contributed by atoms with Crippen LogP contribution in [0.5, 0.6) is 0 Å². The molecule has 0 N–H and O–H groups in total. The first-order chi connectivity index (χ1) is 17.8. The number of benzene rings is 2. The van der Waals surface area contributed by atoms with Gasteiger partial charge in [0.15, 0.2) is 0 Å². The summed E-state index contributed by atoms with van der Waals surface area (Å²) in [6.45, 7) is 0.856. The van der Waals surface area contributed by atoms with Crippen molar-refractivity contribution in [2.45, 2.75) is 33.4 Å². The van der Waals surface area contributed by atoms with Gasteiger partial charge in [-0.25, -0.2) is 4.98 Å². The third kappa shape index (κ3) is 3.84. The molecule has 0 aliphatic heterocycles. The first-order valence-corrected chi connectivity index (χ1v) is 10.2. The van der Waals surface area contributed by atoms with Gasteiger partial charge in [0.25, 0.3) is 0 Å². The zero-order valence-electron chi connectivity index (χ0n) is 24.3. The van der Waals surface area contributed by atoms with Crippen molar-refractivity contribution in [2.75, 3.05) is 0 Å². The van der Waals surface area contributed by atoms with Crippen LogP contribution in [-0.4, -0.2) is 9.97 Å². The maximum absolute atomic E-state index is 9.07. The third-order valence-corrected chi connectivity index (χ3v) is 5.05. The Labute approximate surface area is 192 Å². The molecule has 31 heavy (non-hydrogen) atoms. The highest BCUT2D eigenvalue weighted by molar-refractivity contribution is 6.06. The standard InChI is InChI=1S/C28H26N2O/c1-18(2)12-21-16-26(30-17-19(21)3)22-14-23(13-20-8-5-4-6-9-20)27-25(15-22)24-10-7-11-29-28(24)31-27/h4-11,14-18H,12-13H2,1-3H3/i3D3,12D2,13D2. The van der Waals surface area contributed by atoms with Gasteiger partial charge in [-0.05, 0) is 66.2 Å². The summed E-state index contributed by atoms with van der Waals surface area (Å²) in [7, 11) is 0. The quantitative estimate of drug-likeness (QED) is 0.307. The van der Waals surface area contributed by atoms with Crippen LogP contribution in [0.4, 0.5) is 0 Å². The molecule has 2 aromatic carbocycles. The summed E-state index contributed by atoms with van der Waals surface area (Å²) in [6, 6.07) is 17.3. The minimum Gasteiger partial charge on any atom is -0.437 e. The lowest BCUT2D eigenvalue weighted by atomic mass is 9.95. The summed E-state index contributed by atoms with van der Waals surface area (Å²) in [5.41, 5.74) is 2.18. The van der Waals surface area contributed by atoms with Crippen molar-refractivity contribution in [1.29, 1.82) is 0 Å². The van der Waals surface area contributed by atoms with E-state index in [1.165, 1.54) is 12.3 Å². The third-order valence-electron chi connectivity index (χ3n) is 5.05. The van der Waals surface area contributed by atoms with Gasteiger partial charge in [-0.1, -0.05) is 44.2 Å². The Morgan fingerprint density at radius 2 is 1.84 bits per heavy atom. The minimum absolute atomic E-state index is 0.0453. The largest absolute Gasteiger partial charge is 0.437 e. The van der Waals surface area contributed by atoms with E-state index >= 15 is 0 Å². The van der Waals surface area contributed by atoms with E-state index in [1.807, 2.05) is 12.1 Å². The van der Waals surface area contributed by atoms with Gasteiger partial charge in [0.1, 0.15) is 5.58 Å². The summed E-state index contributed by atoms with van der Waals surface area (Å²) in [6.07, 6.45) is -1.06. The number of pyridine rings is 2. The molecule has 3 nitrogen and oxygen atoms in total. The van der Waals surface area contributed by atoms with E-state index < -0.39 is 25.5 Å². The number of fused-ring (bicyclic) bond motifs is 3. The van der Waals surface area contributed by atoms with Gasteiger partial charge in [-0.3, -0.25) is 4.98 Å². The molecule has 154 valence electrons. The smallest absolute Gasteiger partial charge is 0.227 e. The van der Waals surface area contributed by atoms with Crippen LogP contribution >= 0.6 is 0 Å². The highest BCUT2D eigenvalue weighted by Crippen LogP contribution is 2.35. The number of nitrogens with zero attached hydrogens (tertiary/aromatic N) is 2. The maximum atomic E-state index is 9.07. The maximum Gasteiger partial charge on any atom is 0.227 e. The van der Waals surface area contributed by atoms with Crippen molar-refractivity contribution >= 4 is 22.1 Å². The van der Waals surface area contributed by atoms with Gasteiger partial charge in [0, 0.05) is 50.3 Å². The second-order valence-electron chi connectivity index (χ2n) is 7.76. The summed E-state index contributed by atoms with van der Waals surface area (Å²) < 4.78 is 65.4. The van der Waals surface area contributed by atoms with E-state index in [-0.39, 0.29) is 16.7 Å². The molecule has 0 bridgehead atoms. The van der Waals surface area contributed by atoms with Crippen LogP contribution in [0.25, 0.3) is 33.3 Å². The van der Waals surface area contributed by atoms with Gasteiger partial charge in [-0.2, -0.15) is 0 Å². The highest BCUT2D eigenvalue weighted by atomic mass is 16.3. The van der Waals surface area contributed by atoms with Crippen molar-refractivity contribution in [2.24, 2.45) is 5.92 Å². The van der Waals surface area contributed by atoms with E-state index in [1.54, 1.807) is 62.5 Å². The molecule has 0 saturated heterocycles. The second-order valence-corrected chi connectivity index (χ2v) is 7.76. The van der Waals surface area contributed by atoms with Gasteiger partial charge < -0.3 is 4.42 Å². The van der Waals surface area contributed by atoms with Gasteiger partial charge >= 0.3 is 0 Å². The average Bonchev–Trinajstić information content (AvgIpc) is 3.26. The topological polar surface area (TPSA) is 38.9 Å². The Morgan fingerprint density at radius 1 is 0.968 bits per heavy atom. The number of aromatic nitrogens is 2. The molecule has 3 aromatic heterocycles. The van der Waals surface area contributed by atoms with Crippen LogP contribution in [-0.2, 0) is 12.7 Å². The lowest BCUT2D eigenvalue weighted by molar-refractivity contribution is 0.644. The zero-order chi connectivity index (χ0) is 27.5. The van der Waals surface area contributed by atoms with E-state index in [4.69, 9.17) is 14.0 Å². The van der Waals surface area contributed by atoms with Gasteiger partial charge in [0.2, 0.25) is 5.71 Å². The van der Waals surface area contributed by atoms with Gasteiger partial charge in [-0.15, -0.1) is 0 Å². The van der Waals surface area contributed by atoms with E-state index in [0.29, 0.717) is 38.9 Å². The molecule has 5 aromatic rings. The Morgan fingerprint density at radius 3 is 2.65 bits per heavy atom. The molecule has 0 saturated carbocycles. The Hall–Kier alpha value is -3.46. The fourth-order valence-electron chi connectivity index (χ4n) is 3.67. The molecule has 5 rings (SSSR count). The fraction of sp³-hybridized carbons (Fsp3) is 0.214. The minimum atomic E-state index is -2.55. The monoisotopic (exact) mass is 413 g/mol. The van der Waals surface area contributed by atoms with Gasteiger partial charge in [0.05, 0.1) is 5.69 Å². The number of rotatable bonds is 5. The molecule has 3 heteroatoms. The Bertz CT molecular complexity index is 1640. The molecule has 0 amide bonds. The number of hydrogen-bond donors (Lipinski definition) is 0. The predicted molar refractivity (Wildman–Crippen MR) is 127 cm³/mol. The second kappa shape index (κ2) is 7.99. The zero-order valence-corrected chi connectivity index (χ0v) is 17.3. The molecule has 0 radical (unpaired) electrons. The molecular formula is C28H26N2O. The molecule has 0 aliphatic rings. The fourth-order valence-corrected chi connectivity index (χ4v) is 3.67.